The molecule has 1 aliphatic carbocycles. The molecule has 0 spiro atoms. The van der Waals surface area contributed by atoms with E-state index in [1.165, 1.54) is 6.42 Å². The highest BCUT2D eigenvalue weighted by molar-refractivity contribution is 6.01. The summed E-state index contributed by atoms with van der Waals surface area (Å²) in [7, 11) is 3.21. The highest BCUT2D eigenvalue weighted by atomic mass is 16.5. The van der Waals surface area contributed by atoms with Gasteiger partial charge in [0, 0.05) is 17.0 Å². The number of rotatable bonds is 4. The molecule has 3 nitrogen and oxygen atoms in total. The van der Waals surface area contributed by atoms with Gasteiger partial charge in [0.05, 0.1) is 14.2 Å². The van der Waals surface area contributed by atoms with E-state index in [0.29, 0.717) is 17.1 Å². The Labute approximate surface area is 114 Å². The van der Waals surface area contributed by atoms with Crippen LogP contribution >= 0.6 is 0 Å². The Kier molecular flexibility index (Phi) is 4.13. The molecule has 0 unspecified atom stereocenters. The van der Waals surface area contributed by atoms with Gasteiger partial charge in [0.2, 0.25) is 0 Å². The lowest BCUT2D eigenvalue weighted by atomic mass is 9.71. The van der Waals surface area contributed by atoms with Crippen LogP contribution in [0.5, 0.6) is 11.5 Å². The molecule has 1 aliphatic rings. The maximum atomic E-state index is 12.7. The molecule has 0 atom stereocenters. The van der Waals surface area contributed by atoms with Gasteiger partial charge in [0.25, 0.3) is 0 Å². The Bertz CT molecular complexity index is 437. The monoisotopic (exact) mass is 262 g/mol. The number of hydrogen-bond donors (Lipinski definition) is 0. The second kappa shape index (κ2) is 5.64. The molecule has 0 aromatic heterocycles. The van der Waals surface area contributed by atoms with Gasteiger partial charge in [-0.15, -0.1) is 0 Å². The molecule has 1 aromatic rings. The maximum Gasteiger partial charge on any atom is 0.168 e. The van der Waals surface area contributed by atoms with Gasteiger partial charge in [0.1, 0.15) is 11.5 Å². The Morgan fingerprint density at radius 3 is 2.00 bits per heavy atom. The molecule has 3 heteroatoms. The van der Waals surface area contributed by atoms with Crippen molar-refractivity contribution in [3.8, 4) is 11.5 Å². The van der Waals surface area contributed by atoms with Gasteiger partial charge in [-0.25, -0.2) is 0 Å². The van der Waals surface area contributed by atoms with Crippen molar-refractivity contribution < 1.29 is 14.3 Å². The number of carbonyl (C=O) groups is 1. The predicted octanol–water partition coefficient (Wildman–Crippen LogP) is 3.86. The summed E-state index contributed by atoms with van der Waals surface area (Å²) < 4.78 is 10.5. The van der Waals surface area contributed by atoms with E-state index in [-0.39, 0.29) is 11.2 Å². The van der Waals surface area contributed by atoms with E-state index in [1.807, 2.05) is 12.1 Å². The third-order valence-electron chi connectivity index (χ3n) is 4.12. The van der Waals surface area contributed by atoms with Crippen LogP contribution in [-0.4, -0.2) is 20.0 Å². The number of carbonyl (C=O) groups excluding carboxylic acids is 1. The van der Waals surface area contributed by atoms with Crippen LogP contribution in [0.4, 0.5) is 0 Å². The van der Waals surface area contributed by atoms with Crippen LogP contribution in [0, 0.1) is 5.41 Å². The summed E-state index contributed by atoms with van der Waals surface area (Å²) >= 11 is 0. The van der Waals surface area contributed by atoms with Crippen LogP contribution in [0.1, 0.15) is 49.4 Å². The summed E-state index contributed by atoms with van der Waals surface area (Å²) in [6.07, 6.45) is 5.48. The van der Waals surface area contributed by atoms with Crippen molar-refractivity contribution in [3.05, 3.63) is 23.8 Å². The molecule has 104 valence electrons. The number of ether oxygens (including phenoxy) is 2. The number of Topliss-reactive ketones (excluding diaryl/α,β-unsaturated/α-hetero) is 1. The van der Waals surface area contributed by atoms with Crippen molar-refractivity contribution in [2.45, 2.75) is 39.0 Å². The van der Waals surface area contributed by atoms with Gasteiger partial charge in [-0.2, -0.15) is 0 Å². The SMILES string of the molecule is COc1cc(OC)cc(C(=O)C2(C)CCCCC2)c1. The number of methoxy groups -OCH3 is 2. The third kappa shape index (κ3) is 2.91. The van der Waals surface area contributed by atoms with E-state index < -0.39 is 0 Å². The normalized spacial score (nSPS) is 17.8. The fraction of sp³-hybridized carbons (Fsp3) is 0.562. The lowest BCUT2D eigenvalue weighted by molar-refractivity contribution is 0.0749. The third-order valence-corrected chi connectivity index (χ3v) is 4.12. The lowest BCUT2D eigenvalue weighted by Crippen LogP contribution is -2.30. The summed E-state index contributed by atoms with van der Waals surface area (Å²) in [5, 5.41) is 0. The number of hydrogen-bond acceptors (Lipinski definition) is 3. The van der Waals surface area contributed by atoms with E-state index in [0.717, 1.165) is 25.7 Å². The minimum Gasteiger partial charge on any atom is -0.497 e. The van der Waals surface area contributed by atoms with Crippen molar-refractivity contribution in [1.29, 1.82) is 0 Å². The molecule has 19 heavy (non-hydrogen) atoms. The second-order valence-electron chi connectivity index (χ2n) is 5.55. The molecule has 0 aliphatic heterocycles. The molecule has 0 saturated heterocycles. The van der Waals surface area contributed by atoms with Gasteiger partial charge in [0.15, 0.2) is 5.78 Å². The van der Waals surface area contributed by atoms with Crippen LogP contribution in [-0.2, 0) is 0 Å². The molecule has 1 saturated carbocycles. The number of benzene rings is 1. The maximum absolute atomic E-state index is 12.7. The fourth-order valence-corrected chi connectivity index (χ4v) is 2.85. The van der Waals surface area contributed by atoms with Crippen LogP contribution in [0.15, 0.2) is 18.2 Å². The highest BCUT2D eigenvalue weighted by Crippen LogP contribution is 2.39. The van der Waals surface area contributed by atoms with Crippen molar-refractivity contribution in [2.24, 2.45) is 5.41 Å². The van der Waals surface area contributed by atoms with E-state index in [1.54, 1.807) is 20.3 Å². The van der Waals surface area contributed by atoms with Crippen molar-refractivity contribution in [2.75, 3.05) is 14.2 Å². The smallest absolute Gasteiger partial charge is 0.168 e. The van der Waals surface area contributed by atoms with Crippen molar-refractivity contribution >= 4 is 5.78 Å². The molecule has 1 fully saturated rings. The molecule has 1 aromatic carbocycles. The Balaban J connectivity index is 2.32. The lowest BCUT2D eigenvalue weighted by Gasteiger charge is -2.32. The van der Waals surface area contributed by atoms with E-state index in [9.17, 15) is 4.79 Å². The first-order chi connectivity index (χ1) is 9.09. The molecule has 0 bridgehead atoms. The van der Waals surface area contributed by atoms with Crippen LogP contribution in [0.25, 0.3) is 0 Å². The Morgan fingerprint density at radius 1 is 1.00 bits per heavy atom. The molecule has 0 N–H and O–H groups in total. The van der Waals surface area contributed by atoms with Crippen molar-refractivity contribution in [1.82, 2.24) is 0 Å². The van der Waals surface area contributed by atoms with Gasteiger partial charge in [-0.1, -0.05) is 26.2 Å². The second-order valence-corrected chi connectivity index (χ2v) is 5.55. The van der Waals surface area contributed by atoms with Gasteiger partial charge in [-0.05, 0) is 25.0 Å². The van der Waals surface area contributed by atoms with Gasteiger partial charge < -0.3 is 9.47 Å². The first kappa shape index (κ1) is 13.9. The Morgan fingerprint density at radius 2 is 1.53 bits per heavy atom. The minimum absolute atomic E-state index is 0.212. The first-order valence-electron chi connectivity index (χ1n) is 6.87. The fourth-order valence-electron chi connectivity index (χ4n) is 2.85. The van der Waals surface area contributed by atoms with E-state index in [4.69, 9.17) is 9.47 Å². The zero-order chi connectivity index (χ0) is 13.9. The van der Waals surface area contributed by atoms with Gasteiger partial charge >= 0.3 is 0 Å². The van der Waals surface area contributed by atoms with Crippen LogP contribution < -0.4 is 9.47 Å². The molecule has 0 radical (unpaired) electrons. The highest BCUT2D eigenvalue weighted by Gasteiger charge is 2.35. The summed E-state index contributed by atoms with van der Waals surface area (Å²) in [5.41, 5.74) is 0.468. The predicted molar refractivity (Wildman–Crippen MR) is 75.1 cm³/mol. The van der Waals surface area contributed by atoms with Gasteiger partial charge in [-0.3, -0.25) is 4.79 Å². The molecule has 0 amide bonds. The molecule has 0 heterocycles. The molecular weight excluding hydrogens is 240 g/mol. The van der Waals surface area contributed by atoms with Crippen molar-refractivity contribution in [3.63, 3.8) is 0 Å². The standard InChI is InChI=1S/C16H22O3/c1-16(7-5-4-6-8-16)15(17)12-9-13(18-2)11-14(10-12)19-3/h9-11H,4-8H2,1-3H3. The summed E-state index contributed by atoms with van der Waals surface area (Å²) in [5.74, 6) is 1.55. The van der Waals surface area contributed by atoms with Crippen LogP contribution in [0.3, 0.4) is 0 Å². The quantitative estimate of drug-likeness (QED) is 0.773. The van der Waals surface area contributed by atoms with Crippen LogP contribution in [0.2, 0.25) is 0 Å². The average Bonchev–Trinajstić information content (AvgIpc) is 2.46. The zero-order valence-electron chi connectivity index (χ0n) is 12.0. The average molecular weight is 262 g/mol. The largest absolute Gasteiger partial charge is 0.497 e. The number of ketones is 1. The summed E-state index contributed by atoms with van der Waals surface area (Å²) in [6, 6.07) is 5.41. The summed E-state index contributed by atoms with van der Waals surface area (Å²) in [6.45, 7) is 2.08. The van der Waals surface area contributed by atoms with E-state index in [2.05, 4.69) is 6.92 Å². The first-order valence-corrected chi connectivity index (χ1v) is 6.87. The molecule has 2 rings (SSSR count). The zero-order valence-corrected chi connectivity index (χ0v) is 12.0. The topological polar surface area (TPSA) is 35.5 Å². The minimum atomic E-state index is -0.227. The molecular formula is C16H22O3. The Hall–Kier alpha value is -1.51. The van der Waals surface area contributed by atoms with E-state index >= 15 is 0 Å². The summed E-state index contributed by atoms with van der Waals surface area (Å²) in [4.78, 5) is 12.7.